The fraction of sp³-hybridized carbons (Fsp3) is 0.562. The van der Waals surface area contributed by atoms with Gasteiger partial charge in [0.1, 0.15) is 11.5 Å². The van der Waals surface area contributed by atoms with Gasteiger partial charge in [-0.25, -0.2) is 0 Å². The quantitative estimate of drug-likeness (QED) is 0.812. The van der Waals surface area contributed by atoms with Crippen molar-refractivity contribution in [3.05, 3.63) is 23.8 Å². The van der Waals surface area contributed by atoms with E-state index < -0.39 is 0 Å². The summed E-state index contributed by atoms with van der Waals surface area (Å²) >= 11 is 0. The Morgan fingerprint density at radius 3 is 2.55 bits per heavy atom. The number of ketones is 1. The molecule has 1 heterocycles. The highest BCUT2D eigenvalue weighted by Gasteiger charge is 2.25. The first-order valence-corrected chi connectivity index (χ1v) is 7.40. The molecule has 1 fully saturated rings. The summed E-state index contributed by atoms with van der Waals surface area (Å²) in [6, 6.07) is 5.50. The highest BCUT2D eigenvalue weighted by atomic mass is 16.5. The van der Waals surface area contributed by atoms with E-state index in [-0.39, 0.29) is 11.7 Å². The van der Waals surface area contributed by atoms with Gasteiger partial charge in [0.15, 0.2) is 5.78 Å². The van der Waals surface area contributed by atoms with Crippen molar-refractivity contribution < 1.29 is 14.3 Å². The van der Waals surface area contributed by atoms with Gasteiger partial charge < -0.3 is 14.8 Å². The summed E-state index contributed by atoms with van der Waals surface area (Å²) < 4.78 is 11.1. The van der Waals surface area contributed by atoms with Crippen LogP contribution in [0.5, 0.6) is 11.5 Å². The second-order valence-electron chi connectivity index (χ2n) is 4.91. The number of hydrogen-bond acceptors (Lipinski definition) is 4. The van der Waals surface area contributed by atoms with Crippen molar-refractivity contribution >= 4 is 5.78 Å². The van der Waals surface area contributed by atoms with Gasteiger partial charge in [-0.3, -0.25) is 4.79 Å². The normalized spacial score (nSPS) is 15.9. The van der Waals surface area contributed by atoms with Gasteiger partial charge >= 0.3 is 0 Å². The van der Waals surface area contributed by atoms with Crippen LogP contribution >= 0.6 is 0 Å². The van der Waals surface area contributed by atoms with Crippen LogP contribution in [0, 0.1) is 5.92 Å². The molecule has 1 aromatic carbocycles. The number of rotatable bonds is 6. The van der Waals surface area contributed by atoms with Crippen molar-refractivity contribution in [2.75, 3.05) is 26.3 Å². The Bertz CT molecular complexity index is 453. The Kier molecular flexibility index (Phi) is 5.41. The molecule has 1 N–H and O–H groups in total. The molecule has 1 aliphatic heterocycles. The second kappa shape index (κ2) is 7.29. The molecular weight excluding hydrogens is 254 g/mol. The lowest BCUT2D eigenvalue weighted by atomic mass is 9.89. The summed E-state index contributed by atoms with van der Waals surface area (Å²) in [6.07, 6.45) is 1.80. The maximum Gasteiger partial charge on any atom is 0.169 e. The Morgan fingerprint density at radius 1 is 1.20 bits per heavy atom. The van der Waals surface area contributed by atoms with Gasteiger partial charge in [0.25, 0.3) is 0 Å². The lowest BCUT2D eigenvalue weighted by molar-refractivity contribution is 0.0891. The van der Waals surface area contributed by atoms with E-state index in [1.807, 2.05) is 32.0 Å². The van der Waals surface area contributed by atoms with E-state index >= 15 is 0 Å². The molecule has 1 aromatic rings. The summed E-state index contributed by atoms with van der Waals surface area (Å²) in [5, 5.41) is 3.28. The summed E-state index contributed by atoms with van der Waals surface area (Å²) in [7, 11) is 0. The van der Waals surface area contributed by atoms with Crippen LogP contribution in [0.4, 0.5) is 0 Å². The number of carbonyl (C=O) groups is 1. The monoisotopic (exact) mass is 277 g/mol. The highest BCUT2D eigenvalue weighted by molar-refractivity contribution is 6.00. The van der Waals surface area contributed by atoms with E-state index in [0.717, 1.165) is 31.7 Å². The average Bonchev–Trinajstić information content (AvgIpc) is 2.48. The molecule has 0 radical (unpaired) electrons. The zero-order valence-electron chi connectivity index (χ0n) is 12.3. The van der Waals surface area contributed by atoms with Crippen molar-refractivity contribution in [2.24, 2.45) is 5.92 Å². The number of piperidine rings is 1. The fourth-order valence-electron chi connectivity index (χ4n) is 2.54. The van der Waals surface area contributed by atoms with Gasteiger partial charge in [-0.05, 0) is 51.9 Å². The third kappa shape index (κ3) is 3.51. The summed E-state index contributed by atoms with van der Waals surface area (Å²) in [4.78, 5) is 12.6. The van der Waals surface area contributed by atoms with Gasteiger partial charge in [-0.15, -0.1) is 0 Å². The SMILES string of the molecule is CCOc1ccc(C(=O)C2CCNCC2)c(OCC)c1. The Balaban J connectivity index is 2.22. The van der Waals surface area contributed by atoms with Crippen molar-refractivity contribution in [3.63, 3.8) is 0 Å². The van der Waals surface area contributed by atoms with Crippen LogP contribution in [-0.2, 0) is 0 Å². The van der Waals surface area contributed by atoms with E-state index in [1.54, 1.807) is 0 Å². The molecule has 0 amide bonds. The molecule has 110 valence electrons. The Labute approximate surface area is 120 Å². The minimum absolute atomic E-state index is 0.105. The minimum atomic E-state index is 0.105. The van der Waals surface area contributed by atoms with Crippen molar-refractivity contribution in [3.8, 4) is 11.5 Å². The molecule has 0 saturated carbocycles. The van der Waals surface area contributed by atoms with Gasteiger partial charge in [0.05, 0.1) is 18.8 Å². The van der Waals surface area contributed by atoms with Crippen LogP contribution in [0.2, 0.25) is 0 Å². The Morgan fingerprint density at radius 2 is 1.90 bits per heavy atom. The van der Waals surface area contributed by atoms with Crippen LogP contribution in [0.15, 0.2) is 18.2 Å². The zero-order chi connectivity index (χ0) is 14.4. The lowest BCUT2D eigenvalue weighted by Gasteiger charge is -2.22. The number of benzene rings is 1. The first-order valence-electron chi connectivity index (χ1n) is 7.40. The van der Waals surface area contributed by atoms with E-state index in [1.165, 1.54) is 0 Å². The number of ether oxygens (including phenoxy) is 2. The van der Waals surface area contributed by atoms with Crippen LogP contribution in [0.1, 0.15) is 37.0 Å². The molecule has 0 spiro atoms. The third-order valence-corrected chi connectivity index (χ3v) is 3.54. The molecule has 0 aromatic heterocycles. The van der Waals surface area contributed by atoms with Gasteiger partial charge in [0, 0.05) is 12.0 Å². The van der Waals surface area contributed by atoms with Crippen LogP contribution < -0.4 is 14.8 Å². The van der Waals surface area contributed by atoms with Gasteiger partial charge in [-0.2, -0.15) is 0 Å². The second-order valence-corrected chi connectivity index (χ2v) is 4.91. The molecule has 1 aliphatic rings. The molecule has 0 bridgehead atoms. The molecule has 0 unspecified atom stereocenters. The van der Waals surface area contributed by atoms with Gasteiger partial charge in [0.2, 0.25) is 0 Å². The molecule has 1 saturated heterocycles. The topological polar surface area (TPSA) is 47.6 Å². The predicted octanol–water partition coefficient (Wildman–Crippen LogP) is 2.67. The smallest absolute Gasteiger partial charge is 0.169 e. The number of Topliss-reactive ketones (excluding diaryl/α,β-unsaturated/α-hetero) is 1. The minimum Gasteiger partial charge on any atom is -0.494 e. The first kappa shape index (κ1) is 14.9. The molecular formula is C16H23NO3. The molecule has 20 heavy (non-hydrogen) atoms. The van der Waals surface area contributed by atoms with Crippen molar-refractivity contribution in [1.82, 2.24) is 5.32 Å². The Hall–Kier alpha value is -1.55. The standard InChI is InChI=1S/C16H23NO3/c1-3-19-13-5-6-14(15(11-13)20-4-2)16(18)12-7-9-17-10-8-12/h5-6,11-12,17H,3-4,7-10H2,1-2H3. The van der Waals surface area contributed by atoms with Crippen molar-refractivity contribution in [1.29, 1.82) is 0 Å². The van der Waals surface area contributed by atoms with Gasteiger partial charge in [-0.1, -0.05) is 0 Å². The maximum atomic E-state index is 12.6. The van der Waals surface area contributed by atoms with E-state index in [0.29, 0.717) is 24.5 Å². The van der Waals surface area contributed by atoms with Crippen LogP contribution in [-0.4, -0.2) is 32.1 Å². The van der Waals surface area contributed by atoms with E-state index in [4.69, 9.17) is 9.47 Å². The molecule has 4 heteroatoms. The van der Waals surface area contributed by atoms with E-state index in [9.17, 15) is 4.79 Å². The molecule has 4 nitrogen and oxygen atoms in total. The van der Waals surface area contributed by atoms with Crippen LogP contribution in [0.3, 0.4) is 0 Å². The summed E-state index contributed by atoms with van der Waals surface area (Å²) in [5.41, 5.74) is 0.683. The number of hydrogen-bond donors (Lipinski definition) is 1. The number of carbonyl (C=O) groups excluding carboxylic acids is 1. The fourth-order valence-corrected chi connectivity index (χ4v) is 2.54. The molecule has 0 aliphatic carbocycles. The zero-order valence-corrected chi connectivity index (χ0v) is 12.3. The number of nitrogens with one attached hydrogen (secondary N) is 1. The average molecular weight is 277 g/mol. The summed E-state index contributed by atoms with van der Waals surface area (Å²) in [6.45, 7) is 6.84. The van der Waals surface area contributed by atoms with Crippen LogP contribution in [0.25, 0.3) is 0 Å². The van der Waals surface area contributed by atoms with Crippen molar-refractivity contribution in [2.45, 2.75) is 26.7 Å². The first-order chi connectivity index (χ1) is 9.76. The predicted molar refractivity (Wildman–Crippen MR) is 78.7 cm³/mol. The molecule has 0 atom stereocenters. The summed E-state index contributed by atoms with van der Waals surface area (Å²) in [5.74, 6) is 1.69. The highest BCUT2D eigenvalue weighted by Crippen LogP contribution is 2.29. The largest absolute Gasteiger partial charge is 0.494 e. The van der Waals surface area contributed by atoms with E-state index in [2.05, 4.69) is 5.32 Å². The maximum absolute atomic E-state index is 12.6. The third-order valence-electron chi connectivity index (χ3n) is 3.54. The lowest BCUT2D eigenvalue weighted by Crippen LogP contribution is -2.32. The molecule has 2 rings (SSSR count).